The molecule has 0 aromatic heterocycles. The van der Waals surface area contributed by atoms with Crippen molar-refractivity contribution in [1.29, 1.82) is 0 Å². The Labute approximate surface area is 225 Å². The van der Waals surface area contributed by atoms with E-state index in [9.17, 15) is 24.6 Å². The minimum Gasteiger partial charge on any atom is -0.459 e. The molecule has 1 fully saturated rings. The lowest BCUT2D eigenvalue weighted by atomic mass is 10.2. The second-order valence-corrected chi connectivity index (χ2v) is 8.79. The van der Waals surface area contributed by atoms with Crippen LogP contribution in [0, 0.1) is 0 Å². The number of hydrogen-bond donors (Lipinski definition) is 2. The van der Waals surface area contributed by atoms with Gasteiger partial charge in [-0.05, 0) is 62.4 Å². The first-order valence-electron chi connectivity index (χ1n) is 11.9. The van der Waals surface area contributed by atoms with E-state index in [1.165, 1.54) is 26.0 Å². The van der Waals surface area contributed by atoms with E-state index < -0.39 is 36.1 Å². The molecule has 3 rings (SSSR count). The van der Waals surface area contributed by atoms with Gasteiger partial charge >= 0.3 is 23.9 Å². The number of benzene rings is 2. The summed E-state index contributed by atoms with van der Waals surface area (Å²) in [5.74, 6) is -3.01. The summed E-state index contributed by atoms with van der Waals surface area (Å²) in [6.07, 6.45) is -1.83. The Balaban J connectivity index is 1.48. The predicted octanol–water partition coefficient (Wildman–Crippen LogP) is 2.75. The number of carbonyl (C=O) groups is 3. The molecule has 1 saturated heterocycles. The van der Waals surface area contributed by atoms with Crippen molar-refractivity contribution in [3.8, 4) is 11.5 Å². The van der Waals surface area contributed by atoms with E-state index in [1.807, 2.05) is 0 Å². The van der Waals surface area contributed by atoms with Crippen LogP contribution in [0.25, 0.3) is 0 Å². The van der Waals surface area contributed by atoms with E-state index in [0.29, 0.717) is 17.1 Å². The molecule has 3 atom stereocenters. The summed E-state index contributed by atoms with van der Waals surface area (Å²) in [6.45, 7) is 9.19. The van der Waals surface area contributed by atoms with Crippen LogP contribution in [0.1, 0.15) is 29.8 Å². The minimum absolute atomic E-state index is 0.0222. The normalized spacial score (nSPS) is 19.0. The highest BCUT2D eigenvalue weighted by Gasteiger charge is 2.42. The van der Waals surface area contributed by atoms with Crippen LogP contribution in [0.3, 0.4) is 0 Å². The molecule has 0 aliphatic carbocycles. The molecule has 11 heteroatoms. The van der Waals surface area contributed by atoms with E-state index >= 15 is 0 Å². The molecule has 2 aromatic rings. The molecule has 3 unspecified atom stereocenters. The van der Waals surface area contributed by atoms with Crippen LogP contribution < -0.4 is 4.74 Å². The van der Waals surface area contributed by atoms with Gasteiger partial charge in [-0.15, -0.1) is 0 Å². The van der Waals surface area contributed by atoms with Gasteiger partial charge < -0.3 is 38.6 Å². The van der Waals surface area contributed by atoms with Crippen molar-refractivity contribution < 1.29 is 53.0 Å². The van der Waals surface area contributed by atoms with Gasteiger partial charge in [-0.25, -0.2) is 14.4 Å². The first-order chi connectivity index (χ1) is 18.5. The number of ether oxygens (including phenoxy) is 6. The topological polar surface area (TPSA) is 147 Å². The lowest BCUT2D eigenvalue weighted by molar-refractivity contribution is -0.325. The van der Waals surface area contributed by atoms with Gasteiger partial charge in [-0.3, -0.25) is 0 Å². The highest BCUT2D eigenvalue weighted by Crippen LogP contribution is 2.33. The molecule has 11 nitrogen and oxygen atoms in total. The van der Waals surface area contributed by atoms with Gasteiger partial charge in [0, 0.05) is 16.7 Å². The summed E-state index contributed by atoms with van der Waals surface area (Å²) >= 11 is 0. The molecule has 0 spiro atoms. The highest BCUT2D eigenvalue weighted by molar-refractivity contribution is 5.89. The van der Waals surface area contributed by atoms with E-state index in [1.54, 1.807) is 36.4 Å². The molecule has 1 aliphatic heterocycles. The van der Waals surface area contributed by atoms with Crippen LogP contribution in [-0.4, -0.2) is 66.8 Å². The van der Waals surface area contributed by atoms with Gasteiger partial charge in [0.1, 0.15) is 43.5 Å². The smallest absolute Gasteiger partial charge is 0.338 e. The number of aliphatic hydroxyl groups excluding tert-OH is 1. The summed E-state index contributed by atoms with van der Waals surface area (Å²) < 4.78 is 31.6. The summed E-state index contributed by atoms with van der Waals surface area (Å²) in [5, 5.41) is 20.5. The third-order valence-corrected chi connectivity index (χ3v) is 5.25. The quantitative estimate of drug-likeness (QED) is 0.232. The number of aliphatic hydroxyl groups is 2. The first kappa shape index (κ1) is 29.5. The summed E-state index contributed by atoms with van der Waals surface area (Å²) in [4.78, 5) is 35.1. The van der Waals surface area contributed by atoms with Crippen LogP contribution in [0.4, 0.5) is 0 Å². The molecule has 2 N–H and O–H groups in total. The van der Waals surface area contributed by atoms with Gasteiger partial charge in [0.05, 0.1) is 12.2 Å². The maximum Gasteiger partial charge on any atom is 0.338 e. The van der Waals surface area contributed by atoms with Crippen LogP contribution in [-0.2, 0) is 39.2 Å². The van der Waals surface area contributed by atoms with Gasteiger partial charge in [0.25, 0.3) is 0 Å². The maximum atomic E-state index is 12.2. The van der Waals surface area contributed by atoms with Gasteiger partial charge in [0.2, 0.25) is 0 Å². The average Bonchev–Trinajstić information content (AvgIpc) is 3.31. The fourth-order valence-electron chi connectivity index (χ4n) is 3.15. The third kappa shape index (κ3) is 8.48. The van der Waals surface area contributed by atoms with Crippen LogP contribution in [0.15, 0.2) is 72.8 Å². The highest BCUT2D eigenvalue weighted by atomic mass is 16.9. The van der Waals surface area contributed by atoms with Crippen molar-refractivity contribution in [1.82, 2.24) is 0 Å². The average molecular weight is 543 g/mol. The Hall–Kier alpha value is -4.03. The molecule has 0 amide bonds. The fourth-order valence-corrected chi connectivity index (χ4v) is 3.15. The lowest BCUT2D eigenvalue weighted by Crippen LogP contribution is -2.29. The minimum atomic E-state index is -2.00. The van der Waals surface area contributed by atoms with Crippen molar-refractivity contribution >= 4 is 17.9 Å². The monoisotopic (exact) mass is 542 g/mol. The number of carbonyl (C=O) groups excluding carboxylic acids is 3. The molecule has 0 radical (unpaired) electrons. The zero-order valence-electron chi connectivity index (χ0n) is 21.6. The number of hydrogen-bond acceptors (Lipinski definition) is 11. The van der Waals surface area contributed by atoms with Crippen molar-refractivity contribution in [3.63, 3.8) is 0 Å². The van der Waals surface area contributed by atoms with Crippen LogP contribution >= 0.6 is 0 Å². The predicted molar refractivity (Wildman–Crippen MR) is 136 cm³/mol. The molecule has 1 heterocycles. The Bertz CT molecular complexity index is 1200. The molecule has 0 bridgehead atoms. The van der Waals surface area contributed by atoms with E-state index in [-0.39, 0.29) is 43.1 Å². The summed E-state index contributed by atoms with van der Waals surface area (Å²) in [5.41, 5.74) is 0.994. The van der Waals surface area contributed by atoms with Crippen molar-refractivity contribution in [3.05, 3.63) is 84.0 Å². The van der Waals surface area contributed by atoms with Crippen molar-refractivity contribution in [2.45, 2.75) is 32.0 Å². The Morgan fingerprint density at radius 1 is 0.923 bits per heavy atom. The second kappa shape index (κ2) is 13.2. The van der Waals surface area contributed by atoms with Crippen molar-refractivity contribution in [2.75, 3.05) is 26.4 Å². The van der Waals surface area contributed by atoms with E-state index in [0.717, 1.165) is 0 Å². The summed E-state index contributed by atoms with van der Waals surface area (Å²) in [6, 6.07) is 12.4. The number of esters is 3. The van der Waals surface area contributed by atoms with E-state index in [2.05, 4.69) is 13.2 Å². The zero-order valence-corrected chi connectivity index (χ0v) is 21.6. The second-order valence-electron chi connectivity index (χ2n) is 8.79. The van der Waals surface area contributed by atoms with Crippen LogP contribution in [0.2, 0.25) is 0 Å². The third-order valence-electron chi connectivity index (χ3n) is 5.25. The standard InChI is InChI=1S/C28H30O11/c1-17(2)25(30)34-13-21(29)14-35-27(32)19-5-9-22(10-6-19)38-23-11-7-20(8-12-23)28(33)37-16-24(39-28)15-36-26(31)18(3)4/h5-12,21,24,29,33H,1,3,13-16H2,2,4H3. The molecule has 39 heavy (non-hydrogen) atoms. The molecule has 208 valence electrons. The van der Waals surface area contributed by atoms with E-state index in [4.69, 9.17) is 28.4 Å². The molecule has 2 aromatic carbocycles. The molecular weight excluding hydrogens is 512 g/mol. The number of rotatable bonds is 12. The largest absolute Gasteiger partial charge is 0.459 e. The summed E-state index contributed by atoms with van der Waals surface area (Å²) in [7, 11) is 0. The van der Waals surface area contributed by atoms with Crippen molar-refractivity contribution in [2.24, 2.45) is 0 Å². The Morgan fingerprint density at radius 2 is 1.46 bits per heavy atom. The van der Waals surface area contributed by atoms with Gasteiger partial charge in [0.15, 0.2) is 0 Å². The molecule has 1 aliphatic rings. The Kier molecular flexibility index (Phi) is 9.96. The first-order valence-corrected chi connectivity index (χ1v) is 11.9. The van der Waals surface area contributed by atoms with Crippen LogP contribution in [0.5, 0.6) is 11.5 Å². The molecule has 0 saturated carbocycles. The fraction of sp³-hybridized carbons (Fsp3) is 0.321. The molecular formula is C28H30O11. The van der Waals surface area contributed by atoms with Gasteiger partial charge in [-0.2, -0.15) is 0 Å². The SMILES string of the molecule is C=C(C)C(=O)OCC(O)COC(=O)c1ccc(Oc2ccc(C3(O)OCC(COC(=O)C(=C)C)O3)cc2)cc1. The lowest BCUT2D eigenvalue weighted by Gasteiger charge is -2.21. The Morgan fingerprint density at radius 3 is 2.05 bits per heavy atom. The van der Waals surface area contributed by atoms with Gasteiger partial charge in [-0.1, -0.05) is 13.2 Å². The maximum absolute atomic E-state index is 12.2. The zero-order chi connectivity index (χ0) is 28.6.